The van der Waals surface area contributed by atoms with E-state index >= 15 is 0 Å². The molecule has 0 bridgehead atoms. The third-order valence-corrected chi connectivity index (χ3v) is 4.79. The Labute approximate surface area is 133 Å². The van der Waals surface area contributed by atoms with Crippen molar-refractivity contribution in [1.29, 1.82) is 0 Å². The Bertz CT molecular complexity index is 584. The number of thiophene rings is 1. The van der Waals surface area contributed by atoms with Gasteiger partial charge in [0.25, 0.3) is 0 Å². The summed E-state index contributed by atoms with van der Waals surface area (Å²) in [6.45, 7) is 0. The van der Waals surface area contributed by atoms with E-state index in [1.54, 1.807) is 17.4 Å². The van der Waals surface area contributed by atoms with Crippen molar-refractivity contribution >= 4 is 27.3 Å². The molecule has 0 aliphatic carbocycles. The second kappa shape index (κ2) is 6.91. The first-order valence-electron chi connectivity index (χ1n) is 6.27. The minimum absolute atomic E-state index is 0.0350. The molecular formula is C14H14BrF3N2S. The van der Waals surface area contributed by atoms with Gasteiger partial charge >= 0.3 is 6.18 Å². The minimum Gasteiger partial charge on any atom is -0.271 e. The zero-order valence-corrected chi connectivity index (χ0v) is 13.4. The Morgan fingerprint density at radius 2 is 2.05 bits per heavy atom. The van der Waals surface area contributed by atoms with Gasteiger partial charge in [-0.15, -0.1) is 11.3 Å². The fraction of sp³-hybridized carbons (Fsp3) is 0.286. The lowest BCUT2D eigenvalue weighted by atomic mass is 10.00. The highest BCUT2D eigenvalue weighted by atomic mass is 79.9. The van der Waals surface area contributed by atoms with Crippen molar-refractivity contribution in [1.82, 2.24) is 5.43 Å². The van der Waals surface area contributed by atoms with Crippen LogP contribution >= 0.6 is 27.3 Å². The van der Waals surface area contributed by atoms with Crippen molar-refractivity contribution in [2.24, 2.45) is 5.84 Å². The van der Waals surface area contributed by atoms with Crippen LogP contribution in [0.4, 0.5) is 13.2 Å². The molecule has 7 heteroatoms. The summed E-state index contributed by atoms with van der Waals surface area (Å²) >= 11 is 4.56. The molecule has 114 valence electrons. The van der Waals surface area contributed by atoms with E-state index in [4.69, 9.17) is 5.84 Å². The lowest BCUT2D eigenvalue weighted by molar-refractivity contribution is -0.138. The van der Waals surface area contributed by atoms with E-state index in [-0.39, 0.29) is 10.5 Å². The Hall–Kier alpha value is -0.890. The SMILES string of the molecule is NNC(CCc1cccs1)c1ccc(Br)c(C(F)(F)F)c1. The molecule has 21 heavy (non-hydrogen) atoms. The maximum Gasteiger partial charge on any atom is 0.417 e. The molecule has 3 N–H and O–H groups in total. The summed E-state index contributed by atoms with van der Waals surface area (Å²) in [6.07, 6.45) is -2.98. The minimum atomic E-state index is -4.39. The van der Waals surface area contributed by atoms with E-state index in [1.165, 1.54) is 10.9 Å². The number of halogens is 4. The number of nitrogens with two attached hydrogens (primary N) is 1. The predicted molar refractivity (Wildman–Crippen MR) is 81.8 cm³/mol. The number of rotatable bonds is 5. The highest BCUT2D eigenvalue weighted by Crippen LogP contribution is 2.36. The van der Waals surface area contributed by atoms with Gasteiger partial charge in [0.05, 0.1) is 5.56 Å². The van der Waals surface area contributed by atoms with E-state index in [2.05, 4.69) is 21.4 Å². The van der Waals surface area contributed by atoms with E-state index in [0.717, 1.165) is 12.5 Å². The Kier molecular flexibility index (Phi) is 5.43. The fourth-order valence-electron chi connectivity index (χ4n) is 2.06. The molecule has 1 aromatic heterocycles. The Balaban J connectivity index is 2.18. The lowest BCUT2D eigenvalue weighted by Gasteiger charge is -2.18. The molecule has 0 amide bonds. The molecule has 0 aliphatic rings. The third-order valence-electron chi connectivity index (χ3n) is 3.16. The van der Waals surface area contributed by atoms with Crippen molar-refractivity contribution in [3.8, 4) is 0 Å². The van der Waals surface area contributed by atoms with E-state index < -0.39 is 11.7 Å². The molecule has 0 fully saturated rings. The van der Waals surface area contributed by atoms with Gasteiger partial charge in [0, 0.05) is 15.4 Å². The van der Waals surface area contributed by atoms with Gasteiger partial charge in [0.2, 0.25) is 0 Å². The second-order valence-electron chi connectivity index (χ2n) is 4.57. The van der Waals surface area contributed by atoms with Crippen LogP contribution in [0.5, 0.6) is 0 Å². The zero-order chi connectivity index (χ0) is 15.5. The van der Waals surface area contributed by atoms with Gasteiger partial charge in [0.1, 0.15) is 0 Å². The topological polar surface area (TPSA) is 38.0 Å². The summed E-state index contributed by atoms with van der Waals surface area (Å²) in [4.78, 5) is 1.18. The lowest BCUT2D eigenvalue weighted by Crippen LogP contribution is -2.28. The van der Waals surface area contributed by atoms with Gasteiger partial charge in [-0.2, -0.15) is 13.2 Å². The molecule has 0 aliphatic heterocycles. The molecule has 2 aromatic rings. The quantitative estimate of drug-likeness (QED) is 0.586. The van der Waals surface area contributed by atoms with Crippen LogP contribution in [0.2, 0.25) is 0 Å². The molecule has 0 radical (unpaired) electrons. The molecular weight excluding hydrogens is 365 g/mol. The van der Waals surface area contributed by atoms with Gasteiger partial charge in [-0.1, -0.05) is 28.1 Å². The highest BCUT2D eigenvalue weighted by Gasteiger charge is 2.33. The monoisotopic (exact) mass is 378 g/mol. The Morgan fingerprint density at radius 3 is 2.62 bits per heavy atom. The first kappa shape index (κ1) is 16.5. The van der Waals surface area contributed by atoms with Crippen LogP contribution in [0, 0.1) is 0 Å². The normalized spacial score (nSPS) is 13.4. The number of hydrogen-bond donors (Lipinski definition) is 2. The summed E-state index contributed by atoms with van der Waals surface area (Å²) in [5, 5.41) is 1.97. The largest absolute Gasteiger partial charge is 0.417 e. The molecule has 0 saturated heterocycles. The molecule has 1 aromatic carbocycles. The molecule has 1 unspecified atom stereocenters. The standard InChI is InChI=1S/C14H14BrF3N2S/c15-12-5-3-9(8-11(12)14(16,17)18)13(20-19)6-4-10-2-1-7-21-10/h1-3,5,7-8,13,20H,4,6,19H2. The number of hydrazine groups is 1. The predicted octanol–water partition coefficient (Wildman–Crippen LogP) is 4.67. The van der Waals surface area contributed by atoms with Gasteiger partial charge in [0.15, 0.2) is 0 Å². The number of aryl methyl sites for hydroxylation is 1. The van der Waals surface area contributed by atoms with Gasteiger partial charge in [-0.3, -0.25) is 11.3 Å². The van der Waals surface area contributed by atoms with Crippen molar-refractivity contribution in [3.05, 3.63) is 56.2 Å². The van der Waals surface area contributed by atoms with Crippen molar-refractivity contribution in [2.75, 3.05) is 0 Å². The molecule has 1 atom stereocenters. The van der Waals surface area contributed by atoms with Crippen LogP contribution in [-0.4, -0.2) is 0 Å². The summed E-state index contributed by atoms with van der Waals surface area (Å²) < 4.78 is 38.8. The third kappa shape index (κ3) is 4.29. The van der Waals surface area contributed by atoms with Crippen LogP contribution in [0.15, 0.2) is 40.2 Å². The number of nitrogens with one attached hydrogen (secondary N) is 1. The fourth-order valence-corrected chi connectivity index (χ4v) is 3.26. The number of alkyl halides is 3. The molecule has 0 saturated carbocycles. The molecule has 2 rings (SSSR count). The number of benzene rings is 1. The van der Waals surface area contributed by atoms with Gasteiger partial charge in [-0.05, 0) is 42.0 Å². The van der Waals surface area contributed by atoms with Crippen LogP contribution in [0.1, 0.15) is 28.5 Å². The van der Waals surface area contributed by atoms with Gasteiger partial charge < -0.3 is 0 Å². The summed E-state index contributed by atoms with van der Waals surface area (Å²) in [5.41, 5.74) is 2.45. The maximum atomic E-state index is 12.9. The highest BCUT2D eigenvalue weighted by molar-refractivity contribution is 9.10. The summed E-state index contributed by atoms with van der Waals surface area (Å²) in [5.74, 6) is 5.50. The van der Waals surface area contributed by atoms with Gasteiger partial charge in [-0.25, -0.2) is 0 Å². The average molecular weight is 379 g/mol. The second-order valence-corrected chi connectivity index (χ2v) is 6.46. The van der Waals surface area contributed by atoms with Crippen molar-refractivity contribution < 1.29 is 13.2 Å². The summed E-state index contributed by atoms with van der Waals surface area (Å²) in [7, 11) is 0. The summed E-state index contributed by atoms with van der Waals surface area (Å²) in [6, 6.07) is 7.84. The Morgan fingerprint density at radius 1 is 1.29 bits per heavy atom. The van der Waals surface area contributed by atoms with E-state index in [1.807, 2.05) is 17.5 Å². The van der Waals surface area contributed by atoms with Crippen LogP contribution in [0.3, 0.4) is 0 Å². The van der Waals surface area contributed by atoms with Crippen molar-refractivity contribution in [3.63, 3.8) is 0 Å². The molecule has 2 nitrogen and oxygen atoms in total. The van der Waals surface area contributed by atoms with Crippen LogP contribution < -0.4 is 11.3 Å². The van der Waals surface area contributed by atoms with E-state index in [0.29, 0.717) is 12.0 Å². The average Bonchev–Trinajstić information content (AvgIpc) is 2.93. The van der Waals surface area contributed by atoms with E-state index in [9.17, 15) is 13.2 Å². The van der Waals surface area contributed by atoms with Crippen LogP contribution in [0.25, 0.3) is 0 Å². The smallest absolute Gasteiger partial charge is 0.271 e. The van der Waals surface area contributed by atoms with Crippen molar-refractivity contribution in [2.45, 2.75) is 25.1 Å². The zero-order valence-electron chi connectivity index (χ0n) is 11.0. The molecule has 1 heterocycles. The molecule has 0 spiro atoms. The first-order chi connectivity index (χ1) is 9.91. The maximum absolute atomic E-state index is 12.9. The van der Waals surface area contributed by atoms with Crippen LogP contribution in [-0.2, 0) is 12.6 Å². The first-order valence-corrected chi connectivity index (χ1v) is 7.94. The number of hydrogen-bond acceptors (Lipinski definition) is 3.